The summed E-state index contributed by atoms with van der Waals surface area (Å²) in [6, 6.07) is 1.76. The molecule has 0 unspecified atom stereocenters. The van der Waals surface area contributed by atoms with Crippen molar-refractivity contribution in [3.63, 3.8) is 0 Å². The Hall–Kier alpha value is -1.13. The first-order chi connectivity index (χ1) is 8.63. The highest BCUT2D eigenvalue weighted by atomic mass is 35.5. The smallest absolute Gasteiger partial charge is 0.203 e. The summed E-state index contributed by atoms with van der Waals surface area (Å²) in [5.74, 6) is 1.76. The van der Waals surface area contributed by atoms with Crippen molar-refractivity contribution in [3.05, 3.63) is 16.7 Å². The molecule has 0 aliphatic heterocycles. The van der Waals surface area contributed by atoms with E-state index in [1.165, 1.54) is 0 Å². The average molecular weight is 272 g/mol. The highest BCUT2D eigenvalue weighted by molar-refractivity contribution is 6.32. The van der Waals surface area contributed by atoms with Gasteiger partial charge in [0.05, 0.1) is 26.4 Å². The minimum absolute atomic E-state index is 0.0675. The van der Waals surface area contributed by atoms with E-state index >= 15 is 0 Å². The lowest BCUT2D eigenvalue weighted by atomic mass is 9.94. The quantitative estimate of drug-likeness (QED) is 0.893. The molecule has 4 nitrogen and oxygen atoms in total. The summed E-state index contributed by atoms with van der Waals surface area (Å²) in [4.78, 5) is 0. The molecule has 1 aliphatic rings. The van der Waals surface area contributed by atoms with E-state index in [-0.39, 0.29) is 5.41 Å². The normalized spacial score (nSPS) is 16.3. The zero-order valence-electron chi connectivity index (χ0n) is 10.9. The summed E-state index contributed by atoms with van der Waals surface area (Å²) in [5.41, 5.74) is 6.74. The van der Waals surface area contributed by atoms with Gasteiger partial charge in [-0.05, 0) is 12.8 Å². The zero-order valence-corrected chi connectivity index (χ0v) is 11.6. The summed E-state index contributed by atoms with van der Waals surface area (Å²) >= 11 is 6.35. The van der Waals surface area contributed by atoms with Crippen molar-refractivity contribution in [2.24, 2.45) is 5.73 Å². The molecule has 0 heterocycles. The number of methoxy groups -OCH3 is 3. The average Bonchev–Trinajstić information content (AvgIpc) is 3.17. The van der Waals surface area contributed by atoms with Crippen molar-refractivity contribution < 1.29 is 14.2 Å². The second-order valence-electron chi connectivity index (χ2n) is 4.49. The van der Waals surface area contributed by atoms with Gasteiger partial charge in [0.1, 0.15) is 0 Å². The fourth-order valence-electron chi connectivity index (χ4n) is 2.33. The molecule has 1 aromatic rings. The first-order valence-electron chi connectivity index (χ1n) is 5.82. The Morgan fingerprint density at radius 2 is 1.78 bits per heavy atom. The maximum Gasteiger partial charge on any atom is 0.203 e. The minimum atomic E-state index is -0.0675. The Morgan fingerprint density at radius 3 is 2.17 bits per heavy atom. The molecule has 0 radical (unpaired) electrons. The van der Waals surface area contributed by atoms with Crippen LogP contribution in [0.3, 0.4) is 0 Å². The SMILES string of the molecule is COc1cc(Cl)c(C2(CN)CC2)c(OC)c1OC. The van der Waals surface area contributed by atoms with Crippen LogP contribution in [-0.2, 0) is 5.41 Å². The summed E-state index contributed by atoms with van der Waals surface area (Å²) in [6.45, 7) is 0.554. The number of rotatable bonds is 5. The van der Waals surface area contributed by atoms with Gasteiger partial charge in [-0.25, -0.2) is 0 Å². The highest BCUT2D eigenvalue weighted by Crippen LogP contribution is 2.57. The molecule has 0 amide bonds. The molecular formula is C13H18ClNO3. The number of benzene rings is 1. The van der Waals surface area contributed by atoms with Crippen LogP contribution in [0.4, 0.5) is 0 Å². The van der Waals surface area contributed by atoms with Crippen LogP contribution in [-0.4, -0.2) is 27.9 Å². The standard InChI is InChI=1S/C13H18ClNO3/c1-16-9-6-8(14)10(13(7-15)4-5-13)12(18-3)11(9)17-2/h6H,4-5,7,15H2,1-3H3. The maximum absolute atomic E-state index is 6.35. The molecule has 1 fully saturated rings. The molecule has 2 N–H and O–H groups in total. The van der Waals surface area contributed by atoms with Crippen molar-refractivity contribution in [3.8, 4) is 17.2 Å². The Bertz CT molecular complexity index is 458. The molecule has 0 bridgehead atoms. The lowest BCUT2D eigenvalue weighted by Crippen LogP contribution is -2.21. The van der Waals surface area contributed by atoms with Gasteiger partial charge in [0.15, 0.2) is 11.5 Å². The number of hydrogen-bond donors (Lipinski definition) is 1. The van der Waals surface area contributed by atoms with Crippen LogP contribution in [0.15, 0.2) is 6.07 Å². The third-order valence-corrected chi connectivity index (χ3v) is 3.85. The molecule has 0 spiro atoms. The van der Waals surface area contributed by atoms with E-state index in [9.17, 15) is 0 Å². The Balaban J connectivity index is 2.65. The summed E-state index contributed by atoms with van der Waals surface area (Å²) in [6.07, 6.45) is 2.05. The van der Waals surface area contributed by atoms with E-state index in [1.807, 2.05) is 0 Å². The highest BCUT2D eigenvalue weighted by Gasteiger charge is 2.47. The topological polar surface area (TPSA) is 53.7 Å². The molecule has 0 atom stereocenters. The Labute approximate surface area is 112 Å². The minimum Gasteiger partial charge on any atom is -0.493 e. The van der Waals surface area contributed by atoms with Crippen molar-refractivity contribution in [1.29, 1.82) is 0 Å². The van der Waals surface area contributed by atoms with E-state index in [0.717, 1.165) is 18.4 Å². The third kappa shape index (κ3) is 1.89. The van der Waals surface area contributed by atoms with Gasteiger partial charge in [-0.2, -0.15) is 0 Å². The first-order valence-corrected chi connectivity index (χ1v) is 6.20. The van der Waals surface area contributed by atoms with Gasteiger partial charge in [0.25, 0.3) is 0 Å². The third-order valence-electron chi connectivity index (χ3n) is 3.56. The zero-order chi connectivity index (χ0) is 13.3. The summed E-state index contributed by atoms with van der Waals surface area (Å²) < 4.78 is 16.1. The van der Waals surface area contributed by atoms with E-state index < -0.39 is 0 Å². The molecular weight excluding hydrogens is 254 g/mol. The number of ether oxygens (including phenoxy) is 3. The molecule has 1 aromatic carbocycles. The predicted octanol–water partition coefficient (Wildman–Crippen LogP) is 2.36. The van der Waals surface area contributed by atoms with Crippen molar-refractivity contribution in [2.45, 2.75) is 18.3 Å². The predicted molar refractivity (Wildman–Crippen MR) is 71.1 cm³/mol. The van der Waals surface area contributed by atoms with Crippen LogP contribution in [0.5, 0.6) is 17.2 Å². The monoisotopic (exact) mass is 271 g/mol. The largest absolute Gasteiger partial charge is 0.493 e. The van der Waals surface area contributed by atoms with E-state index in [1.54, 1.807) is 27.4 Å². The van der Waals surface area contributed by atoms with Gasteiger partial charge in [-0.15, -0.1) is 0 Å². The van der Waals surface area contributed by atoms with Crippen LogP contribution >= 0.6 is 11.6 Å². The van der Waals surface area contributed by atoms with Crippen LogP contribution in [0.1, 0.15) is 18.4 Å². The van der Waals surface area contributed by atoms with Crippen LogP contribution < -0.4 is 19.9 Å². The molecule has 0 saturated heterocycles. The first kappa shape index (κ1) is 13.3. The van der Waals surface area contributed by atoms with E-state index in [2.05, 4.69) is 0 Å². The number of halogens is 1. The Morgan fingerprint density at radius 1 is 1.17 bits per heavy atom. The molecule has 0 aromatic heterocycles. The lowest BCUT2D eigenvalue weighted by molar-refractivity contribution is 0.320. The molecule has 2 rings (SSSR count). The van der Waals surface area contributed by atoms with Crippen molar-refractivity contribution in [1.82, 2.24) is 0 Å². The second-order valence-corrected chi connectivity index (χ2v) is 4.89. The Kier molecular flexibility index (Phi) is 3.59. The lowest BCUT2D eigenvalue weighted by Gasteiger charge is -2.22. The van der Waals surface area contributed by atoms with Gasteiger partial charge < -0.3 is 19.9 Å². The van der Waals surface area contributed by atoms with Crippen LogP contribution in [0.2, 0.25) is 5.02 Å². The number of hydrogen-bond acceptors (Lipinski definition) is 4. The number of nitrogens with two attached hydrogens (primary N) is 1. The molecule has 18 heavy (non-hydrogen) atoms. The maximum atomic E-state index is 6.35. The van der Waals surface area contributed by atoms with Gasteiger partial charge in [0.2, 0.25) is 5.75 Å². The molecule has 1 aliphatic carbocycles. The summed E-state index contributed by atoms with van der Waals surface area (Å²) in [5, 5.41) is 0.618. The van der Waals surface area contributed by atoms with Gasteiger partial charge in [-0.1, -0.05) is 11.6 Å². The van der Waals surface area contributed by atoms with Crippen LogP contribution in [0.25, 0.3) is 0 Å². The van der Waals surface area contributed by atoms with Crippen LogP contribution in [0, 0.1) is 0 Å². The van der Waals surface area contributed by atoms with Gasteiger partial charge in [0, 0.05) is 23.6 Å². The molecule has 100 valence electrons. The molecule has 5 heteroatoms. The van der Waals surface area contributed by atoms with E-state index in [4.69, 9.17) is 31.5 Å². The second kappa shape index (κ2) is 4.86. The van der Waals surface area contributed by atoms with Gasteiger partial charge >= 0.3 is 0 Å². The summed E-state index contributed by atoms with van der Waals surface area (Å²) in [7, 11) is 4.76. The van der Waals surface area contributed by atoms with Gasteiger partial charge in [-0.3, -0.25) is 0 Å². The van der Waals surface area contributed by atoms with E-state index in [0.29, 0.717) is 28.8 Å². The van der Waals surface area contributed by atoms with Crippen molar-refractivity contribution in [2.75, 3.05) is 27.9 Å². The fourth-order valence-corrected chi connectivity index (χ4v) is 2.71. The van der Waals surface area contributed by atoms with Crippen molar-refractivity contribution >= 4 is 11.6 Å². The fraction of sp³-hybridized carbons (Fsp3) is 0.538. The molecule has 1 saturated carbocycles.